The van der Waals surface area contributed by atoms with Crippen LogP contribution in [0, 0.1) is 0 Å². The molecule has 5 heteroatoms. The summed E-state index contributed by atoms with van der Waals surface area (Å²) in [5.74, 6) is 1.99. The van der Waals surface area contributed by atoms with Crippen molar-refractivity contribution in [2.45, 2.75) is 18.1 Å². The fraction of sp³-hybridized carbons (Fsp3) is 0.0811. The molecule has 206 valence electrons. The van der Waals surface area contributed by atoms with Crippen molar-refractivity contribution in [1.82, 2.24) is 9.55 Å². The maximum atomic E-state index is 5.37. The van der Waals surface area contributed by atoms with Crippen molar-refractivity contribution in [2.75, 3.05) is 0 Å². The third-order valence-electron chi connectivity index (χ3n) is 8.02. The van der Waals surface area contributed by atoms with Crippen molar-refractivity contribution in [3.8, 4) is 0 Å². The van der Waals surface area contributed by atoms with Gasteiger partial charge < -0.3 is 4.57 Å². The van der Waals surface area contributed by atoms with Crippen LogP contribution in [0.2, 0.25) is 6.55 Å². The lowest BCUT2D eigenvalue weighted by atomic mass is 9.41. The normalized spacial score (nSPS) is 13.4. The molecule has 5 aromatic rings. The van der Waals surface area contributed by atoms with Crippen LogP contribution in [0.15, 0.2) is 176 Å². The second kappa shape index (κ2) is 14.0. The van der Waals surface area contributed by atoms with E-state index in [1.807, 2.05) is 30.6 Å². The van der Waals surface area contributed by atoms with Crippen molar-refractivity contribution < 1.29 is 0 Å². The Bertz CT molecular complexity index is 1550. The molecule has 1 unspecified atom stereocenters. The Balaban J connectivity index is 0.000000199. The van der Waals surface area contributed by atoms with Gasteiger partial charge >= 0.3 is 0 Å². The fourth-order valence-electron chi connectivity index (χ4n) is 5.93. The highest BCUT2D eigenvalue weighted by atomic mass is 32.1. The van der Waals surface area contributed by atoms with Gasteiger partial charge in [0.05, 0.1) is 11.5 Å². The van der Waals surface area contributed by atoms with Crippen LogP contribution < -0.4 is 10.9 Å². The zero-order valence-corrected chi connectivity index (χ0v) is 25.9. The van der Waals surface area contributed by atoms with E-state index in [1.54, 1.807) is 0 Å². The molecule has 2 nitrogen and oxygen atoms in total. The Labute approximate surface area is 257 Å². The smallest absolute Gasteiger partial charge is 0.233 e. The monoisotopic (exact) mass is 578 g/mol. The highest BCUT2D eigenvalue weighted by Gasteiger charge is 2.43. The van der Waals surface area contributed by atoms with Crippen LogP contribution in [-0.4, -0.2) is 29.9 Å². The molecular formula is C37H35BN2SSi. The van der Waals surface area contributed by atoms with Crippen LogP contribution in [0.4, 0.5) is 0 Å². The van der Waals surface area contributed by atoms with Gasteiger partial charge in [-0.15, -0.1) is 12.6 Å². The Hall–Kier alpha value is -4.32. The molecule has 4 aromatic carbocycles. The van der Waals surface area contributed by atoms with Crippen LogP contribution in [0.5, 0.6) is 0 Å². The van der Waals surface area contributed by atoms with E-state index in [1.165, 1.54) is 27.2 Å². The average Bonchev–Trinajstić information content (AvgIpc) is 3.60. The first-order valence-corrected chi connectivity index (χ1v) is 17.1. The van der Waals surface area contributed by atoms with Crippen molar-refractivity contribution in [1.29, 1.82) is 0 Å². The molecule has 6 rings (SSSR count). The van der Waals surface area contributed by atoms with Crippen molar-refractivity contribution in [3.63, 3.8) is 0 Å². The number of hydrogen-bond donors (Lipinski definition) is 0. The molecule has 0 aliphatic heterocycles. The van der Waals surface area contributed by atoms with Gasteiger partial charge in [-0.2, -0.15) is 0 Å². The van der Waals surface area contributed by atoms with Gasteiger partial charge in [-0.3, -0.25) is 0 Å². The Morgan fingerprint density at radius 2 is 1.29 bits per heavy atom. The minimum atomic E-state index is -1.57. The van der Waals surface area contributed by atoms with Gasteiger partial charge in [-0.1, -0.05) is 168 Å². The van der Waals surface area contributed by atoms with Crippen molar-refractivity contribution in [3.05, 3.63) is 187 Å². The zero-order chi connectivity index (χ0) is 29.2. The van der Waals surface area contributed by atoms with Crippen molar-refractivity contribution in [2.24, 2.45) is 0 Å². The second-order valence-corrected chi connectivity index (χ2v) is 13.9. The summed E-state index contributed by atoms with van der Waals surface area (Å²) in [6, 6.07) is 42.5. The average molecular weight is 579 g/mol. The van der Waals surface area contributed by atoms with Crippen molar-refractivity contribution >= 4 is 43.5 Å². The molecule has 0 radical (unpaired) electrons. The third-order valence-corrected chi connectivity index (χ3v) is 12.0. The number of nitrogens with zero attached hydrogens (tertiary/aromatic N) is 2. The lowest BCUT2D eigenvalue weighted by molar-refractivity contribution is 0.586. The molecule has 0 N–H and O–H groups in total. The summed E-state index contributed by atoms with van der Waals surface area (Å²) in [4.78, 5) is 5.41. The summed E-state index contributed by atoms with van der Waals surface area (Å²) in [7, 11) is -1.57. The molecule has 0 fully saturated rings. The first-order chi connectivity index (χ1) is 20.6. The minimum Gasteiger partial charge on any atom is -0.326 e. The third kappa shape index (κ3) is 6.28. The molecule has 42 heavy (non-hydrogen) atoms. The molecular weight excluding hydrogens is 543 g/mol. The number of aromatic nitrogens is 2. The molecule has 1 aliphatic rings. The summed E-state index contributed by atoms with van der Waals surface area (Å²) in [5, 5.41) is 1.18. The zero-order valence-electron chi connectivity index (χ0n) is 24.0. The molecule has 1 aliphatic carbocycles. The maximum Gasteiger partial charge on any atom is 0.233 e. The van der Waals surface area contributed by atoms with E-state index in [4.69, 9.17) is 12.2 Å². The lowest BCUT2D eigenvalue weighted by Crippen LogP contribution is -2.49. The van der Waals surface area contributed by atoms with Crippen LogP contribution >= 0.6 is 12.2 Å². The predicted molar refractivity (Wildman–Crippen MR) is 187 cm³/mol. The van der Waals surface area contributed by atoms with Gasteiger partial charge in [0.25, 0.3) is 0 Å². The summed E-state index contributed by atoms with van der Waals surface area (Å²) in [5.41, 5.74) is 5.18. The number of allylic oxidation sites excluding steroid dienone is 4. The Morgan fingerprint density at radius 1 is 0.786 bits per heavy atom. The van der Waals surface area contributed by atoms with E-state index in [9.17, 15) is 0 Å². The predicted octanol–water partition coefficient (Wildman–Crippen LogP) is 6.89. The van der Waals surface area contributed by atoms with Crippen LogP contribution in [-0.2, 0) is 5.16 Å². The molecule has 0 bridgehead atoms. The van der Waals surface area contributed by atoms with Crippen LogP contribution in [0.25, 0.3) is 0 Å². The van der Waals surface area contributed by atoms with E-state index in [2.05, 4.69) is 156 Å². The van der Waals surface area contributed by atoms with Gasteiger partial charge in [0.1, 0.15) is 8.80 Å². The first kappa shape index (κ1) is 29.2. The van der Waals surface area contributed by atoms with E-state index < -0.39 is 8.80 Å². The molecule has 0 spiro atoms. The minimum absolute atomic E-state index is 0.256. The SMILES string of the molecule is C=CB(c1ccccc1)c1ccccc1.C[SiH](C1=CCC(=S)C=C1)C(c1ccccc1)(c1ccccc1)n1ccnc1. The highest BCUT2D eigenvalue weighted by Crippen LogP contribution is 2.39. The van der Waals surface area contributed by atoms with Gasteiger partial charge in [0, 0.05) is 23.7 Å². The van der Waals surface area contributed by atoms with Gasteiger partial charge in [-0.05, 0) is 17.2 Å². The van der Waals surface area contributed by atoms with E-state index in [0.717, 1.165) is 11.3 Å². The quantitative estimate of drug-likeness (QED) is 0.148. The molecule has 1 aromatic heterocycles. The summed E-state index contributed by atoms with van der Waals surface area (Å²) in [6.07, 6.45) is 13.5. The lowest BCUT2D eigenvalue weighted by Gasteiger charge is -2.42. The Morgan fingerprint density at radius 3 is 1.69 bits per heavy atom. The summed E-state index contributed by atoms with van der Waals surface area (Å²) < 4.78 is 2.30. The van der Waals surface area contributed by atoms with Crippen LogP contribution in [0.3, 0.4) is 0 Å². The maximum absolute atomic E-state index is 5.37. The van der Waals surface area contributed by atoms with E-state index >= 15 is 0 Å². The molecule has 0 saturated carbocycles. The first-order valence-electron chi connectivity index (χ1n) is 14.4. The number of thiocarbonyl (C=S) groups is 1. The van der Waals surface area contributed by atoms with Gasteiger partial charge in [0.15, 0.2) is 0 Å². The topological polar surface area (TPSA) is 17.8 Å². The molecule has 0 saturated heterocycles. The number of hydrogen-bond acceptors (Lipinski definition) is 2. The molecule has 1 atom stereocenters. The second-order valence-electron chi connectivity index (χ2n) is 10.4. The van der Waals surface area contributed by atoms with Gasteiger partial charge in [-0.25, -0.2) is 4.98 Å². The van der Waals surface area contributed by atoms with E-state index in [-0.39, 0.29) is 5.16 Å². The molecule has 0 amide bonds. The summed E-state index contributed by atoms with van der Waals surface area (Å²) in [6.45, 7) is 6.65. The largest absolute Gasteiger partial charge is 0.326 e. The Kier molecular flexibility index (Phi) is 9.75. The summed E-state index contributed by atoms with van der Waals surface area (Å²) >= 11 is 5.37. The number of benzene rings is 4. The number of rotatable bonds is 8. The molecule has 1 heterocycles. The fourth-order valence-corrected chi connectivity index (χ4v) is 9.41. The van der Waals surface area contributed by atoms with E-state index in [0.29, 0.717) is 6.71 Å². The van der Waals surface area contributed by atoms with Crippen LogP contribution in [0.1, 0.15) is 17.5 Å². The highest BCUT2D eigenvalue weighted by molar-refractivity contribution is 7.80. The van der Waals surface area contributed by atoms with Gasteiger partial charge in [0.2, 0.25) is 6.71 Å². The number of imidazole rings is 1. The standard InChI is InChI=1S/C23H22N2SSi.C14H13B/c1-27(22-14-12-21(26)13-15-22)23(25-17-16-24-18-25,19-8-4-2-5-9-19)20-10-6-3-7-11-20;1-2-15(13-9-5-3-6-10-13)14-11-7-4-8-12-14/h2-12,14-18,27H,13H2,1H3;2-12H,1H2.